The number of amides is 3. The minimum Gasteiger partial charge on any atom is -0.391 e. The van der Waals surface area contributed by atoms with Crippen LogP contribution in [0.1, 0.15) is 27.9 Å². The van der Waals surface area contributed by atoms with Crippen LogP contribution in [0, 0.1) is 0 Å². The molecule has 0 aliphatic carbocycles. The van der Waals surface area contributed by atoms with Gasteiger partial charge in [0, 0.05) is 56.5 Å². The Hall–Kier alpha value is -3.11. The topological polar surface area (TPSA) is 137 Å². The Morgan fingerprint density at radius 1 is 1.10 bits per heavy atom. The molecule has 0 aromatic heterocycles. The summed E-state index contributed by atoms with van der Waals surface area (Å²) >= 11 is 1.21. The Bertz CT molecular complexity index is 1210. The number of nitrogens with zero attached hydrogens (tertiary/aromatic N) is 1. The van der Waals surface area contributed by atoms with Crippen LogP contribution in [0.15, 0.2) is 61.2 Å². The number of nitrogens with one attached hydrogen (secondary N) is 3. The molecule has 12 heteroatoms. The van der Waals surface area contributed by atoms with E-state index in [2.05, 4.69) is 22.5 Å². The van der Waals surface area contributed by atoms with Gasteiger partial charge in [-0.2, -0.15) is 0 Å². The van der Waals surface area contributed by atoms with Crippen LogP contribution in [0.25, 0.3) is 0 Å². The summed E-state index contributed by atoms with van der Waals surface area (Å²) in [6.07, 6.45) is -2.32. The smallest absolute Gasteiger partial charge is 0.251 e. The summed E-state index contributed by atoms with van der Waals surface area (Å²) in [4.78, 5) is 37.5. The first-order valence-corrected chi connectivity index (χ1v) is 16.7. The van der Waals surface area contributed by atoms with Crippen molar-refractivity contribution in [1.29, 1.82) is 0 Å². The SMILES string of the molecule is C=CCc1cc(C(=O)NCC(O)C[C@@H](OC)C(=O)NCC(=O)NCc2ccccc2)cc(N(C)SP(C)(C)=O)c1. The number of allylic oxidation sites excluding steroid dienone is 1. The maximum atomic E-state index is 12.9. The van der Waals surface area contributed by atoms with E-state index in [4.69, 9.17) is 4.74 Å². The maximum absolute atomic E-state index is 12.9. The number of benzene rings is 2. The molecule has 0 bridgehead atoms. The fourth-order valence-electron chi connectivity index (χ4n) is 3.71. The zero-order chi connectivity index (χ0) is 29.7. The van der Waals surface area contributed by atoms with Crippen molar-refractivity contribution in [2.75, 3.05) is 44.9 Å². The van der Waals surface area contributed by atoms with Crippen molar-refractivity contribution in [3.63, 3.8) is 0 Å². The zero-order valence-corrected chi connectivity index (χ0v) is 25.1. The molecule has 4 N–H and O–H groups in total. The summed E-state index contributed by atoms with van der Waals surface area (Å²) in [5.74, 6) is -1.31. The number of carbonyl (C=O) groups is 3. The summed E-state index contributed by atoms with van der Waals surface area (Å²) in [7, 11) is 3.11. The second-order valence-corrected chi connectivity index (χ2v) is 15.9. The lowest BCUT2D eigenvalue weighted by Gasteiger charge is -2.22. The lowest BCUT2D eigenvalue weighted by atomic mass is 10.1. The minimum absolute atomic E-state index is 0.0857. The molecule has 0 saturated heterocycles. The number of hydrogen-bond acceptors (Lipinski definition) is 8. The van der Waals surface area contributed by atoms with E-state index in [9.17, 15) is 24.1 Å². The number of ether oxygens (including phenoxy) is 1. The molecule has 0 aliphatic heterocycles. The number of hydrogen-bond donors (Lipinski definition) is 4. The van der Waals surface area contributed by atoms with Gasteiger partial charge in [0.2, 0.25) is 11.8 Å². The van der Waals surface area contributed by atoms with Gasteiger partial charge in [0.15, 0.2) is 6.34 Å². The number of carbonyl (C=O) groups excluding carboxylic acids is 3. The molecule has 10 nitrogen and oxygen atoms in total. The third-order valence-corrected chi connectivity index (χ3v) is 8.38. The van der Waals surface area contributed by atoms with Crippen molar-refractivity contribution in [2.45, 2.75) is 31.6 Å². The fraction of sp³-hybridized carbons (Fsp3) is 0.393. The van der Waals surface area contributed by atoms with Crippen molar-refractivity contribution >= 4 is 41.3 Å². The van der Waals surface area contributed by atoms with Crippen molar-refractivity contribution in [3.8, 4) is 0 Å². The number of methoxy groups -OCH3 is 1. The lowest BCUT2D eigenvalue weighted by molar-refractivity contribution is -0.134. The molecule has 218 valence electrons. The van der Waals surface area contributed by atoms with Crippen LogP contribution >= 0.6 is 17.9 Å². The number of rotatable bonds is 16. The van der Waals surface area contributed by atoms with E-state index in [1.54, 1.807) is 42.9 Å². The van der Waals surface area contributed by atoms with Gasteiger partial charge in [0.05, 0.1) is 12.6 Å². The van der Waals surface area contributed by atoms with E-state index in [-0.39, 0.29) is 25.4 Å². The average molecular weight is 591 g/mol. The Labute approximate surface area is 240 Å². The molecule has 0 fully saturated rings. The van der Waals surface area contributed by atoms with Gasteiger partial charge in [0.25, 0.3) is 5.91 Å². The van der Waals surface area contributed by atoms with Gasteiger partial charge in [-0.05, 0) is 49.1 Å². The average Bonchev–Trinajstić information content (AvgIpc) is 2.91. The minimum atomic E-state index is -2.41. The quantitative estimate of drug-likeness (QED) is 0.133. The van der Waals surface area contributed by atoms with Crippen molar-refractivity contribution in [1.82, 2.24) is 16.0 Å². The van der Waals surface area contributed by atoms with Gasteiger partial charge >= 0.3 is 0 Å². The number of anilines is 1. The molecule has 3 amide bonds. The molecule has 2 rings (SSSR count). The van der Waals surface area contributed by atoms with E-state index in [1.165, 1.54) is 18.7 Å². The largest absolute Gasteiger partial charge is 0.391 e. The van der Waals surface area contributed by atoms with Crippen molar-refractivity contribution in [3.05, 3.63) is 77.9 Å². The first-order chi connectivity index (χ1) is 18.9. The van der Waals surface area contributed by atoms with E-state index in [0.717, 1.165) is 11.1 Å². The van der Waals surface area contributed by atoms with Crippen LogP contribution < -0.4 is 20.3 Å². The van der Waals surface area contributed by atoms with Gasteiger partial charge in [-0.25, -0.2) is 0 Å². The van der Waals surface area contributed by atoms with Crippen LogP contribution in [0.5, 0.6) is 0 Å². The van der Waals surface area contributed by atoms with Crippen LogP contribution in [-0.4, -0.2) is 75.6 Å². The summed E-state index contributed by atoms with van der Waals surface area (Å²) < 4.78 is 19.2. The molecular weight excluding hydrogens is 551 g/mol. The van der Waals surface area contributed by atoms with Gasteiger partial charge < -0.3 is 34.7 Å². The molecule has 0 saturated carbocycles. The summed E-state index contributed by atoms with van der Waals surface area (Å²) in [5.41, 5.74) is 2.88. The normalized spacial score (nSPS) is 12.6. The van der Waals surface area contributed by atoms with Gasteiger partial charge in [0.1, 0.15) is 6.10 Å². The van der Waals surface area contributed by atoms with Crippen LogP contribution in [-0.2, 0) is 31.9 Å². The predicted molar refractivity (Wildman–Crippen MR) is 161 cm³/mol. The molecular formula is C28H39N4O6PS. The van der Waals surface area contributed by atoms with Crippen molar-refractivity contribution < 1.29 is 28.8 Å². The molecule has 40 heavy (non-hydrogen) atoms. The van der Waals surface area contributed by atoms with E-state index in [1.807, 2.05) is 36.4 Å². The summed E-state index contributed by atoms with van der Waals surface area (Å²) in [6.45, 7) is 7.09. The molecule has 0 aliphatic rings. The third-order valence-electron chi connectivity index (χ3n) is 5.62. The standard InChI is InChI=1S/C28H39N4O6PS/c1-6-10-21-13-22(15-23(14-21)32(2)40-39(4,5)37)27(35)30-18-24(33)16-25(38-3)28(36)31-19-26(34)29-17-20-11-8-7-9-12-20/h6-9,11-15,24-25,33H,1,10,16-19H2,2-5H3,(H,29,34)(H,30,35)(H,31,36)/t24?,25-/m1/s1. The monoisotopic (exact) mass is 590 g/mol. The van der Waals surface area contributed by atoms with Gasteiger partial charge in [-0.1, -0.05) is 36.4 Å². The highest BCUT2D eigenvalue weighted by Gasteiger charge is 2.23. The van der Waals surface area contributed by atoms with E-state index in [0.29, 0.717) is 24.2 Å². The molecule has 1 unspecified atom stereocenters. The summed E-state index contributed by atoms with van der Waals surface area (Å²) in [5, 5.41) is 18.4. The third kappa shape index (κ3) is 12.0. The molecule has 2 aromatic carbocycles. The first kappa shape index (κ1) is 33.1. The highest BCUT2D eigenvalue weighted by molar-refractivity contribution is 8.58. The Morgan fingerprint density at radius 3 is 2.42 bits per heavy atom. The Morgan fingerprint density at radius 2 is 1.80 bits per heavy atom. The van der Waals surface area contributed by atoms with Crippen LogP contribution in [0.4, 0.5) is 5.69 Å². The molecule has 2 aromatic rings. The maximum Gasteiger partial charge on any atom is 0.251 e. The molecule has 0 heterocycles. The van der Waals surface area contributed by atoms with Crippen LogP contribution in [0.3, 0.4) is 0 Å². The lowest BCUT2D eigenvalue weighted by Crippen LogP contribution is -2.44. The fourth-order valence-corrected chi connectivity index (χ4v) is 6.55. The Balaban J connectivity index is 1.89. The molecule has 0 spiro atoms. The highest BCUT2D eigenvalue weighted by Crippen LogP contribution is 2.53. The first-order valence-electron chi connectivity index (χ1n) is 12.7. The van der Waals surface area contributed by atoms with Crippen LogP contribution in [0.2, 0.25) is 0 Å². The second kappa shape index (κ2) is 16.2. The molecule has 2 atom stereocenters. The van der Waals surface area contributed by atoms with Gasteiger partial charge in [-0.3, -0.25) is 14.4 Å². The summed E-state index contributed by atoms with van der Waals surface area (Å²) in [6, 6.07) is 14.7. The van der Waals surface area contributed by atoms with Crippen molar-refractivity contribution in [2.24, 2.45) is 0 Å². The number of aliphatic hydroxyl groups is 1. The van der Waals surface area contributed by atoms with E-state index >= 15 is 0 Å². The predicted octanol–water partition coefficient (Wildman–Crippen LogP) is 2.97. The number of aliphatic hydroxyl groups excluding tert-OH is 1. The highest BCUT2D eigenvalue weighted by atomic mass is 32.7. The van der Waals surface area contributed by atoms with E-state index < -0.39 is 30.4 Å². The Kier molecular flexibility index (Phi) is 13.4. The zero-order valence-electron chi connectivity index (χ0n) is 23.4. The molecule has 0 radical (unpaired) electrons. The van der Waals surface area contributed by atoms with Gasteiger partial charge in [-0.15, -0.1) is 6.58 Å². The second-order valence-electron chi connectivity index (χ2n) is 9.52.